The molecule has 2 aromatic carbocycles. The van der Waals surface area contributed by atoms with Crippen molar-refractivity contribution in [2.75, 3.05) is 42.9 Å². The average molecular weight is 355 g/mol. The maximum atomic E-state index is 13.6. The van der Waals surface area contributed by atoms with Gasteiger partial charge in [-0.3, -0.25) is 14.5 Å². The average Bonchev–Trinajstić information content (AvgIpc) is 2.64. The van der Waals surface area contributed by atoms with Crippen molar-refractivity contribution in [3.8, 4) is 0 Å². The SMILES string of the molecule is CC(=O)c1ccc(N2CCN(CC(=O)Nc3ccccc3F)CC2)cc1. The Hall–Kier alpha value is -2.73. The summed E-state index contributed by atoms with van der Waals surface area (Å²) >= 11 is 0. The van der Waals surface area contributed by atoms with E-state index in [1.54, 1.807) is 25.1 Å². The number of benzene rings is 2. The van der Waals surface area contributed by atoms with Crippen molar-refractivity contribution in [1.29, 1.82) is 0 Å². The van der Waals surface area contributed by atoms with E-state index >= 15 is 0 Å². The molecule has 0 spiro atoms. The summed E-state index contributed by atoms with van der Waals surface area (Å²) in [4.78, 5) is 27.8. The number of amides is 1. The Bertz CT molecular complexity index is 784. The van der Waals surface area contributed by atoms with E-state index in [-0.39, 0.29) is 23.9 Å². The Morgan fingerprint density at radius 1 is 1.00 bits per heavy atom. The molecule has 0 aromatic heterocycles. The summed E-state index contributed by atoms with van der Waals surface area (Å²) in [5.74, 6) is -0.587. The van der Waals surface area contributed by atoms with Gasteiger partial charge in [-0.2, -0.15) is 0 Å². The zero-order chi connectivity index (χ0) is 18.5. The summed E-state index contributed by atoms with van der Waals surface area (Å²) in [5, 5.41) is 2.62. The molecule has 0 radical (unpaired) electrons. The molecule has 1 amide bonds. The smallest absolute Gasteiger partial charge is 0.238 e. The molecule has 0 saturated carbocycles. The van der Waals surface area contributed by atoms with Gasteiger partial charge in [0.25, 0.3) is 0 Å². The molecule has 3 rings (SSSR count). The first kappa shape index (κ1) is 18.1. The maximum Gasteiger partial charge on any atom is 0.238 e. The molecule has 1 saturated heterocycles. The number of hydrogen-bond acceptors (Lipinski definition) is 4. The number of ketones is 1. The number of hydrogen-bond donors (Lipinski definition) is 1. The number of nitrogens with zero attached hydrogens (tertiary/aromatic N) is 2. The number of anilines is 2. The summed E-state index contributed by atoms with van der Waals surface area (Å²) in [6.45, 7) is 4.89. The summed E-state index contributed by atoms with van der Waals surface area (Å²) in [5.41, 5.74) is 1.99. The molecule has 6 heteroatoms. The predicted molar refractivity (Wildman–Crippen MR) is 100 cm³/mol. The van der Waals surface area contributed by atoms with Crippen LogP contribution in [-0.2, 0) is 4.79 Å². The number of para-hydroxylation sites is 1. The van der Waals surface area contributed by atoms with Crippen molar-refractivity contribution in [3.05, 3.63) is 59.9 Å². The number of carbonyl (C=O) groups excluding carboxylic acids is 2. The normalized spacial score (nSPS) is 14.9. The molecule has 1 aliphatic rings. The van der Waals surface area contributed by atoms with Crippen molar-refractivity contribution in [3.63, 3.8) is 0 Å². The van der Waals surface area contributed by atoms with Gasteiger partial charge in [0.15, 0.2) is 5.78 Å². The van der Waals surface area contributed by atoms with Crippen LogP contribution in [0.1, 0.15) is 17.3 Å². The lowest BCUT2D eigenvalue weighted by molar-refractivity contribution is -0.117. The van der Waals surface area contributed by atoms with Crippen LogP contribution >= 0.6 is 0 Å². The molecule has 1 fully saturated rings. The largest absolute Gasteiger partial charge is 0.369 e. The Kier molecular flexibility index (Phi) is 5.63. The maximum absolute atomic E-state index is 13.6. The highest BCUT2D eigenvalue weighted by atomic mass is 19.1. The van der Waals surface area contributed by atoms with E-state index in [0.29, 0.717) is 5.56 Å². The van der Waals surface area contributed by atoms with Crippen molar-refractivity contribution >= 4 is 23.1 Å². The molecular weight excluding hydrogens is 333 g/mol. The molecule has 0 aliphatic carbocycles. The van der Waals surface area contributed by atoms with E-state index in [0.717, 1.165) is 31.9 Å². The molecule has 0 atom stereocenters. The number of Topliss-reactive ketones (excluding diaryl/α,β-unsaturated/α-hetero) is 1. The second kappa shape index (κ2) is 8.10. The topological polar surface area (TPSA) is 52.7 Å². The Balaban J connectivity index is 1.49. The fourth-order valence-electron chi connectivity index (χ4n) is 3.03. The number of rotatable bonds is 5. The van der Waals surface area contributed by atoms with Crippen molar-refractivity contribution in [2.45, 2.75) is 6.92 Å². The molecule has 0 unspecified atom stereocenters. The Morgan fingerprint density at radius 3 is 2.27 bits per heavy atom. The lowest BCUT2D eigenvalue weighted by Crippen LogP contribution is -2.48. The molecule has 1 aliphatic heterocycles. The summed E-state index contributed by atoms with van der Waals surface area (Å²) < 4.78 is 13.6. The van der Waals surface area contributed by atoms with Gasteiger partial charge in [0.05, 0.1) is 12.2 Å². The van der Waals surface area contributed by atoms with Crippen LogP contribution in [0.3, 0.4) is 0 Å². The summed E-state index contributed by atoms with van der Waals surface area (Å²) in [7, 11) is 0. The second-order valence-corrected chi connectivity index (χ2v) is 6.39. The number of piperazine rings is 1. The zero-order valence-electron chi connectivity index (χ0n) is 14.7. The summed E-state index contributed by atoms with van der Waals surface area (Å²) in [6.07, 6.45) is 0. The molecule has 2 aromatic rings. The van der Waals surface area contributed by atoms with E-state index in [4.69, 9.17) is 0 Å². The van der Waals surface area contributed by atoms with Crippen molar-refractivity contribution < 1.29 is 14.0 Å². The molecule has 5 nitrogen and oxygen atoms in total. The molecule has 136 valence electrons. The molecule has 1 heterocycles. The van der Waals surface area contributed by atoms with Gasteiger partial charge in [-0.15, -0.1) is 0 Å². The van der Waals surface area contributed by atoms with Crippen LogP contribution in [0, 0.1) is 5.82 Å². The van der Waals surface area contributed by atoms with E-state index in [1.807, 2.05) is 24.3 Å². The van der Waals surface area contributed by atoms with E-state index in [1.165, 1.54) is 6.07 Å². The Labute approximate surface area is 152 Å². The first-order valence-electron chi connectivity index (χ1n) is 8.65. The first-order valence-corrected chi connectivity index (χ1v) is 8.65. The minimum absolute atomic E-state index is 0.0576. The fourth-order valence-corrected chi connectivity index (χ4v) is 3.03. The molecule has 1 N–H and O–H groups in total. The van der Waals surface area contributed by atoms with Gasteiger partial charge < -0.3 is 10.2 Å². The summed E-state index contributed by atoms with van der Waals surface area (Å²) in [6, 6.07) is 13.7. The van der Waals surface area contributed by atoms with Crippen LogP contribution < -0.4 is 10.2 Å². The van der Waals surface area contributed by atoms with Gasteiger partial charge in [0.2, 0.25) is 5.91 Å². The third-order valence-corrected chi connectivity index (χ3v) is 4.53. The van der Waals surface area contributed by atoms with Crippen molar-refractivity contribution in [2.24, 2.45) is 0 Å². The van der Waals surface area contributed by atoms with Crippen LogP contribution in [0.5, 0.6) is 0 Å². The van der Waals surface area contributed by atoms with Crippen LogP contribution in [0.4, 0.5) is 15.8 Å². The third-order valence-electron chi connectivity index (χ3n) is 4.53. The van der Waals surface area contributed by atoms with E-state index in [2.05, 4.69) is 15.1 Å². The monoisotopic (exact) mass is 355 g/mol. The van der Waals surface area contributed by atoms with Crippen LogP contribution in [0.2, 0.25) is 0 Å². The highest BCUT2D eigenvalue weighted by Gasteiger charge is 2.19. The molecular formula is C20H22FN3O2. The quantitative estimate of drug-likeness (QED) is 0.838. The van der Waals surface area contributed by atoms with E-state index in [9.17, 15) is 14.0 Å². The third kappa shape index (κ3) is 4.46. The van der Waals surface area contributed by atoms with Crippen molar-refractivity contribution in [1.82, 2.24) is 4.90 Å². The zero-order valence-corrected chi connectivity index (χ0v) is 14.7. The lowest BCUT2D eigenvalue weighted by Gasteiger charge is -2.35. The standard InChI is InChI=1S/C20H22FN3O2/c1-15(25)16-6-8-17(9-7-16)24-12-10-23(11-13-24)14-20(26)22-19-5-3-2-4-18(19)21/h2-9H,10-14H2,1H3,(H,22,26). The van der Waals surface area contributed by atoms with Crippen LogP contribution in [0.25, 0.3) is 0 Å². The fraction of sp³-hybridized carbons (Fsp3) is 0.300. The number of carbonyl (C=O) groups is 2. The number of halogens is 1. The first-order chi connectivity index (χ1) is 12.5. The predicted octanol–water partition coefficient (Wildman–Crippen LogP) is 2.79. The number of nitrogens with one attached hydrogen (secondary N) is 1. The van der Waals surface area contributed by atoms with Gasteiger partial charge in [-0.05, 0) is 43.3 Å². The second-order valence-electron chi connectivity index (χ2n) is 6.39. The van der Waals surface area contributed by atoms with Gasteiger partial charge in [0, 0.05) is 37.4 Å². The van der Waals surface area contributed by atoms with Gasteiger partial charge in [-0.25, -0.2) is 4.39 Å². The van der Waals surface area contributed by atoms with Gasteiger partial charge in [0.1, 0.15) is 5.82 Å². The highest BCUT2D eigenvalue weighted by Crippen LogP contribution is 2.18. The minimum Gasteiger partial charge on any atom is -0.369 e. The lowest BCUT2D eigenvalue weighted by atomic mass is 10.1. The minimum atomic E-state index is -0.431. The molecule has 26 heavy (non-hydrogen) atoms. The van der Waals surface area contributed by atoms with E-state index < -0.39 is 5.82 Å². The van der Waals surface area contributed by atoms with Crippen LogP contribution in [-0.4, -0.2) is 49.3 Å². The molecule has 0 bridgehead atoms. The van der Waals surface area contributed by atoms with Crippen LogP contribution in [0.15, 0.2) is 48.5 Å². The Morgan fingerprint density at radius 2 is 1.65 bits per heavy atom. The highest BCUT2D eigenvalue weighted by molar-refractivity contribution is 5.94. The van der Waals surface area contributed by atoms with Gasteiger partial charge >= 0.3 is 0 Å². The van der Waals surface area contributed by atoms with Gasteiger partial charge in [-0.1, -0.05) is 12.1 Å².